The fourth-order valence-corrected chi connectivity index (χ4v) is 3.03. The number of aryl methyl sites for hydroxylation is 1. The van der Waals surface area contributed by atoms with Crippen molar-refractivity contribution < 1.29 is 18.4 Å². The zero-order chi connectivity index (χ0) is 17.6. The van der Waals surface area contributed by atoms with E-state index in [1.54, 1.807) is 18.2 Å². The van der Waals surface area contributed by atoms with Gasteiger partial charge in [-0.2, -0.15) is 5.16 Å². The second-order valence-electron chi connectivity index (χ2n) is 6.27. The lowest BCUT2D eigenvalue weighted by molar-refractivity contribution is -0.133. The van der Waals surface area contributed by atoms with Crippen molar-refractivity contribution in [3.8, 4) is 5.75 Å². The molecule has 0 aliphatic carbocycles. The number of ether oxygens (including phenoxy) is 1. The minimum atomic E-state index is -0.376. The zero-order valence-electron chi connectivity index (χ0n) is 13.9. The van der Waals surface area contributed by atoms with Gasteiger partial charge < -0.3 is 14.2 Å². The summed E-state index contributed by atoms with van der Waals surface area (Å²) < 4.78 is 24.1. The molecular weight excluding hydrogens is 327 g/mol. The largest absolute Gasteiger partial charge is 0.490 e. The Bertz CT molecular complexity index is 770. The molecule has 1 saturated heterocycles. The van der Waals surface area contributed by atoms with Crippen molar-refractivity contribution in [1.82, 2.24) is 10.1 Å². The Morgan fingerprint density at radius 3 is 3.00 bits per heavy atom. The van der Waals surface area contributed by atoms with E-state index in [1.165, 1.54) is 12.1 Å². The second-order valence-corrected chi connectivity index (χ2v) is 6.27. The summed E-state index contributed by atoms with van der Waals surface area (Å²) in [5.74, 6) is 0.560. The summed E-state index contributed by atoms with van der Waals surface area (Å²) in [5, 5.41) is 2.21. The van der Waals surface area contributed by atoms with E-state index in [1.807, 2.05) is 4.90 Å². The summed E-state index contributed by atoms with van der Waals surface area (Å²) >= 11 is 0. The van der Waals surface area contributed by atoms with E-state index in [-0.39, 0.29) is 29.0 Å². The number of hydrogen-bond donors (Lipinski definition) is 1. The van der Waals surface area contributed by atoms with Crippen molar-refractivity contribution in [1.29, 1.82) is 0 Å². The quantitative estimate of drug-likeness (QED) is 0.869. The molecule has 6 nitrogen and oxygen atoms in total. The standard InChI is InChI=1S/C18H21FN2O4/c19-15-5-1-2-6-16(15)24-12-13-4-3-9-21(11-13)18(23)8-7-14-10-17(22)20-25-14/h1-2,5-6,10,13H,3-4,7-9,11-12H2,(H,20,22)/t13-/m0/s1. The molecule has 0 spiro atoms. The van der Waals surface area contributed by atoms with E-state index in [4.69, 9.17) is 9.26 Å². The molecule has 0 radical (unpaired) electrons. The predicted octanol–water partition coefficient (Wildman–Crippen LogP) is 2.36. The summed E-state index contributed by atoms with van der Waals surface area (Å²) in [6, 6.07) is 7.68. The van der Waals surface area contributed by atoms with Crippen LogP contribution in [0, 0.1) is 11.7 Å². The van der Waals surface area contributed by atoms with Gasteiger partial charge in [0.2, 0.25) is 5.91 Å². The Balaban J connectivity index is 1.47. The summed E-state index contributed by atoms with van der Waals surface area (Å²) in [4.78, 5) is 25.2. The van der Waals surface area contributed by atoms with Crippen LogP contribution in [-0.2, 0) is 11.2 Å². The smallest absolute Gasteiger partial charge is 0.280 e. The molecule has 1 fully saturated rings. The maximum Gasteiger partial charge on any atom is 0.280 e. The van der Waals surface area contributed by atoms with Gasteiger partial charge in [0.1, 0.15) is 5.76 Å². The van der Waals surface area contributed by atoms with E-state index in [0.717, 1.165) is 12.8 Å². The number of nitrogens with one attached hydrogen (secondary N) is 1. The number of rotatable bonds is 6. The lowest BCUT2D eigenvalue weighted by atomic mass is 9.98. The van der Waals surface area contributed by atoms with E-state index in [9.17, 15) is 14.0 Å². The highest BCUT2D eigenvalue weighted by atomic mass is 19.1. The number of likely N-dealkylation sites (tertiary alicyclic amines) is 1. The first kappa shape index (κ1) is 17.3. The van der Waals surface area contributed by atoms with Gasteiger partial charge in [-0.3, -0.25) is 9.59 Å². The molecule has 3 rings (SSSR count). The van der Waals surface area contributed by atoms with Crippen molar-refractivity contribution in [2.45, 2.75) is 25.7 Å². The number of H-pyrrole nitrogens is 1. The average Bonchev–Trinajstić information content (AvgIpc) is 3.04. The SMILES string of the molecule is O=C(CCc1cc(=O)[nH]o1)N1CCC[C@H](COc2ccccc2F)C1. The summed E-state index contributed by atoms with van der Waals surface area (Å²) in [6.45, 7) is 1.70. The third kappa shape index (κ3) is 4.71. The maximum atomic E-state index is 13.6. The van der Waals surface area contributed by atoms with Crippen molar-refractivity contribution in [2.24, 2.45) is 5.92 Å². The number of piperidine rings is 1. The van der Waals surface area contributed by atoms with E-state index in [2.05, 4.69) is 5.16 Å². The number of amides is 1. The van der Waals surface area contributed by atoms with Crippen LogP contribution in [0.15, 0.2) is 39.6 Å². The van der Waals surface area contributed by atoms with Gasteiger partial charge in [0.05, 0.1) is 6.61 Å². The molecule has 1 aromatic heterocycles. The molecule has 2 heterocycles. The first-order chi connectivity index (χ1) is 12.1. The number of hydrogen-bond acceptors (Lipinski definition) is 4. The van der Waals surface area contributed by atoms with Crippen LogP contribution in [0.3, 0.4) is 0 Å². The van der Waals surface area contributed by atoms with Gasteiger partial charge in [-0.05, 0) is 25.0 Å². The van der Waals surface area contributed by atoms with Crippen LogP contribution < -0.4 is 10.3 Å². The van der Waals surface area contributed by atoms with Crippen molar-refractivity contribution >= 4 is 5.91 Å². The normalized spacial score (nSPS) is 17.5. The van der Waals surface area contributed by atoms with Crippen molar-refractivity contribution in [3.05, 3.63) is 52.3 Å². The Kier molecular flexibility index (Phi) is 5.53. The average molecular weight is 348 g/mol. The monoisotopic (exact) mass is 348 g/mol. The fraction of sp³-hybridized carbons (Fsp3) is 0.444. The second kappa shape index (κ2) is 8.00. The van der Waals surface area contributed by atoms with Crippen LogP contribution in [0.1, 0.15) is 25.0 Å². The molecule has 134 valence electrons. The fourth-order valence-electron chi connectivity index (χ4n) is 3.03. The maximum absolute atomic E-state index is 13.6. The Hall–Kier alpha value is -2.57. The minimum absolute atomic E-state index is 0.0273. The number of aromatic amines is 1. The molecule has 0 bridgehead atoms. The van der Waals surface area contributed by atoms with Crippen LogP contribution in [0.5, 0.6) is 5.75 Å². The first-order valence-corrected chi connectivity index (χ1v) is 8.44. The van der Waals surface area contributed by atoms with Crippen molar-refractivity contribution in [3.63, 3.8) is 0 Å². The summed E-state index contributed by atoms with van der Waals surface area (Å²) in [7, 11) is 0. The van der Waals surface area contributed by atoms with E-state index >= 15 is 0 Å². The number of aromatic nitrogens is 1. The van der Waals surface area contributed by atoms with E-state index in [0.29, 0.717) is 38.3 Å². The molecule has 1 N–H and O–H groups in total. The van der Waals surface area contributed by atoms with Gasteiger partial charge in [-0.15, -0.1) is 0 Å². The van der Waals surface area contributed by atoms with Crippen LogP contribution in [0.4, 0.5) is 4.39 Å². The summed E-state index contributed by atoms with van der Waals surface area (Å²) in [6.07, 6.45) is 2.54. The highest BCUT2D eigenvalue weighted by molar-refractivity contribution is 5.76. The molecule has 1 aliphatic rings. The number of carbonyl (C=O) groups excluding carboxylic acids is 1. The molecule has 2 aromatic rings. The summed E-state index contributed by atoms with van der Waals surface area (Å²) in [5.41, 5.74) is -0.300. The van der Waals surface area contributed by atoms with Crippen LogP contribution >= 0.6 is 0 Å². The highest BCUT2D eigenvalue weighted by Gasteiger charge is 2.24. The van der Waals surface area contributed by atoms with Crippen LogP contribution in [-0.4, -0.2) is 35.7 Å². The number of benzene rings is 1. The third-order valence-electron chi connectivity index (χ3n) is 4.34. The molecule has 0 saturated carbocycles. The Morgan fingerprint density at radius 2 is 2.24 bits per heavy atom. The molecule has 1 aliphatic heterocycles. The molecule has 7 heteroatoms. The molecule has 1 aromatic carbocycles. The molecule has 1 atom stereocenters. The number of para-hydroxylation sites is 1. The topological polar surface area (TPSA) is 75.5 Å². The number of carbonyl (C=O) groups is 1. The highest BCUT2D eigenvalue weighted by Crippen LogP contribution is 2.21. The van der Waals surface area contributed by atoms with Gasteiger partial charge in [0.15, 0.2) is 11.6 Å². The van der Waals surface area contributed by atoms with E-state index < -0.39 is 0 Å². The van der Waals surface area contributed by atoms with Gasteiger partial charge in [0.25, 0.3) is 5.56 Å². The van der Waals surface area contributed by atoms with Crippen molar-refractivity contribution in [2.75, 3.05) is 19.7 Å². The van der Waals surface area contributed by atoms with Gasteiger partial charge in [-0.25, -0.2) is 4.39 Å². The van der Waals surface area contributed by atoms with Crippen LogP contribution in [0.2, 0.25) is 0 Å². The Morgan fingerprint density at radius 1 is 1.40 bits per heavy atom. The lowest BCUT2D eigenvalue weighted by Gasteiger charge is -2.32. The van der Waals surface area contributed by atoms with Crippen LogP contribution in [0.25, 0.3) is 0 Å². The zero-order valence-corrected chi connectivity index (χ0v) is 13.9. The molecule has 25 heavy (non-hydrogen) atoms. The predicted molar refractivity (Wildman–Crippen MR) is 88.8 cm³/mol. The van der Waals surface area contributed by atoms with Gasteiger partial charge >= 0.3 is 0 Å². The third-order valence-corrected chi connectivity index (χ3v) is 4.34. The first-order valence-electron chi connectivity index (χ1n) is 8.44. The molecule has 1 amide bonds. The number of halogens is 1. The van der Waals surface area contributed by atoms with Gasteiger partial charge in [0, 0.05) is 37.9 Å². The van der Waals surface area contributed by atoms with Gasteiger partial charge in [-0.1, -0.05) is 12.1 Å². The Labute approximate surface area is 144 Å². The lowest BCUT2D eigenvalue weighted by Crippen LogP contribution is -2.41. The minimum Gasteiger partial charge on any atom is -0.490 e. The number of nitrogens with zero attached hydrogens (tertiary/aromatic N) is 1. The molecule has 0 unspecified atom stereocenters. The molecular formula is C18H21FN2O4.